The normalized spacial score (nSPS) is 10.2. The molecule has 0 saturated heterocycles. The van der Waals surface area contributed by atoms with Crippen molar-refractivity contribution in [2.45, 2.75) is 6.92 Å². The van der Waals surface area contributed by atoms with Crippen LogP contribution >= 0.6 is 0 Å². The van der Waals surface area contributed by atoms with Crippen LogP contribution in [0.3, 0.4) is 0 Å². The summed E-state index contributed by atoms with van der Waals surface area (Å²) in [6.07, 6.45) is 0. The van der Waals surface area contributed by atoms with E-state index in [-0.39, 0.29) is 0 Å². The number of benzene rings is 2. The third-order valence-electron chi connectivity index (χ3n) is 3.94. The molecular weight excluding hydrogens is 356 g/mol. The minimum absolute atomic E-state index is 0.485. The summed E-state index contributed by atoms with van der Waals surface area (Å²) < 4.78 is 16.2. The summed E-state index contributed by atoms with van der Waals surface area (Å²) in [5.74, 6) is 3.56. The molecule has 0 atom stereocenters. The fraction of sp³-hybridized carbons (Fsp3) is 0.238. The summed E-state index contributed by atoms with van der Waals surface area (Å²) in [6.45, 7) is 2.98. The van der Waals surface area contributed by atoms with E-state index < -0.39 is 0 Å². The Morgan fingerprint density at radius 3 is 2.39 bits per heavy atom. The van der Waals surface area contributed by atoms with Crippen molar-refractivity contribution in [2.75, 3.05) is 38.0 Å². The van der Waals surface area contributed by atoms with Gasteiger partial charge in [0.1, 0.15) is 29.7 Å². The van der Waals surface area contributed by atoms with Gasteiger partial charge < -0.3 is 24.8 Å². The molecule has 146 valence electrons. The van der Waals surface area contributed by atoms with E-state index in [1.807, 2.05) is 61.5 Å². The van der Waals surface area contributed by atoms with Gasteiger partial charge in [0.2, 0.25) is 5.95 Å². The molecular formula is C21H24N4O3. The first kappa shape index (κ1) is 19.3. The molecule has 0 fully saturated rings. The molecule has 0 aliphatic rings. The lowest BCUT2D eigenvalue weighted by atomic mass is 10.3. The van der Waals surface area contributed by atoms with Crippen molar-refractivity contribution in [1.82, 2.24) is 9.97 Å². The second kappa shape index (κ2) is 9.45. The van der Waals surface area contributed by atoms with Crippen molar-refractivity contribution in [3.8, 4) is 17.2 Å². The van der Waals surface area contributed by atoms with Crippen LogP contribution in [0.4, 0.5) is 17.5 Å². The zero-order valence-electron chi connectivity index (χ0n) is 16.2. The van der Waals surface area contributed by atoms with E-state index in [1.165, 1.54) is 0 Å². The van der Waals surface area contributed by atoms with Gasteiger partial charge in [-0.3, -0.25) is 0 Å². The second-order valence-corrected chi connectivity index (χ2v) is 5.99. The summed E-state index contributed by atoms with van der Waals surface area (Å²) in [6, 6.07) is 17.0. The molecule has 1 heterocycles. The summed E-state index contributed by atoms with van der Waals surface area (Å²) in [5.41, 5.74) is 1.70. The highest BCUT2D eigenvalue weighted by atomic mass is 16.5. The predicted octanol–water partition coefficient (Wildman–Crippen LogP) is 4.04. The van der Waals surface area contributed by atoms with Gasteiger partial charge in [-0.2, -0.15) is 4.98 Å². The molecule has 7 heteroatoms. The van der Waals surface area contributed by atoms with Crippen LogP contribution in [0.25, 0.3) is 0 Å². The van der Waals surface area contributed by atoms with Gasteiger partial charge in [0.05, 0.1) is 26.5 Å². The highest BCUT2D eigenvalue weighted by Gasteiger charge is 2.06. The molecule has 0 unspecified atom stereocenters. The maximum absolute atomic E-state index is 5.71. The molecule has 7 nitrogen and oxygen atoms in total. The van der Waals surface area contributed by atoms with E-state index in [0.29, 0.717) is 24.9 Å². The van der Waals surface area contributed by atoms with Gasteiger partial charge in [0.15, 0.2) is 0 Å². The Balaban J connectivity index is 1.57. The Labute approximate surface area is 164 Å². The number of nitrogens with zero attached hydrogens (tertiary/aromatic N) is 2. The molecule has 0 saturated carbocycles. The Morgan fingerprint density at radius 1 is 0.893 bits per heavy atom. The van der Waals surface area contributed by atoms with Crippen LogP contribution in [0.1, 0.15) is 5.69 Å². The summed E-state index contributed by atoms with van der Waals surface area (Å²) in [5, 5.41) is 6.46. The lowest BCUT2D eigenvalue weighted by molar-refractivity contribution is 0.331. The monoisotopic (exact) mass is 380 g/mol. The SMILES string of the molecule is COc1ccc(OCCNc2nc(C)cc(Nc3ccccc3OC)n2)cc1. The standard InChI is InChI=1S/C21H24N4O3/c1-15-14-20(24-18-6-4-5-7-19(18)27-3)25-21(23-15)22-12-13-28-17-10-8-16(26-2)9-11-17/h4-11,14H,12-13H2,1-3H3,(H2,22,23,24,25). The number of rotatable bonds is 9. The Morgan fingerprint density at radius 2 is 1.64 bits per heavy atom. The van der Waals surface area contributed by atoms with Crippen LogP contribution in [0, 0.1) is 6.92 Å². The largest absolute Gasteiger partial charge is 0.497 e. The van der Waals surface area contributed by atoms with Crippen LogP contribution < -0.4 is 24.8 Å². The molecule has 0 aliphatic carbocycles. The molecule has 0 aliphatic heterocycles. The quantitative estimate of drug-likeness (QED) is 0.543. The van der Waals surface area contributed by atoms with Crippen molar-refractivity contribution >= 4 is 17.5 Å². The second-order valence-electron chi connectivity index (χ2n) is 5.99. The Bertz CT molecular complexity index is 900. The Hall–Kier alpha value is -3.48. The van der Waals surface area contributed by atoms with Crippen molar-refractivity contribution in [2.24, 2.45) is 0 Å². The Kier molecular flexibility index (Phi) is 6.51. The number of aryl methyl sites for hydroxylation is 1. The number of anilines is 3. The van der Waals surface area contributed by atoms with Gasteiger partial charge in [-0.25, -0.2) is 4.98 Å². The average Bonchev–Trinajstić information content (AvgIpc) is 2.72. The number of methoxy groups -OCH3 is 2. The van der Waals surface area contributed by atoms with Gasteiger partial charge in [-0.1, -0.05) is 12.1 Å². The zero-order chi connectivity index (χ0) is 19.8. The average molecular weight is 380 g/mol. The van der Waals surface area contributed by atoms with Crippen LogP contribution in [0.2, 0.25) is 0 Å². The van der Waals surface area contributed by atoms with Crippen LogP contribution in [0.15, 0.2) is 54.6 Å². The first-order valence-electron chi connectivity index (χ1n) is 8.94. The van der Waals surface area contributed by atoms with Gasteiger partial charge in [-0.15, -0.1) is 0 Å². The van der Waals surface area contributed by atoms with Gasteiger partial charge in [0, 0.05) is 11.8 Å². The zero-order valence-corrected chi connectivity index (χ0v) is 16.2. The molecule has 1 aromatic heterocycles. The number of hydrogen-bond acceptors (Lipinski definition) is 7. The molecule has 3 rings (SSSR count). The van der Waals surface area contributed by atoms with Gasteiger partial charge in [0.25, 0.3) is 0 Å². The summed E-state index contributed by atoms with van der Waals surface area (Å²) in [7, 11) is 3.28. The van der Waals surface area contributed by atoms with E-state index in [2.05, 4.69) is 20.6 Å². The molecule has 3 aromatic rings. The maximum atomic E-state index is 5.71. The lowest BCUT2D eigenvalue weighted by Gasteiger charge is -2.12. The van der Waals surface area contributed by atoms with E-state index in [9.17, 15) is 0 Å². The molecule has 0 spiro atoms. The summed E-state index contributed by atoms with van der Waals surface area (Å²) in [4.78, 5) is 8.93. The fourth-order valence-electron chi connectivity index (χ4n) is 2.60. The molecule has 2 N–H and O–H groups in total. The minimum Gasteiger partial charge on any atom is -0.497 e. The van der Waals surface area contributed by atoms with E-state index >= 15 is 0 Å². The fourth-order valence-corrected chi connectivity index (χ4v) is 2.60. The van der Waals surface area contributed by atoms with E-state index in [1.54, 1.807) is 14.2 Å². The molecule has 28 heavy (non-hydrogen) atoms. The van der Waals surface area contributed by atoms with Crippen LogP contribution in [-0.2, 0) is 0 Å². The lowest BCUT2D eigenvalue weighted by Crippen LogP contribution is -2.14. The number of ether oxygens (including phenoxy) is 3. The van der Waals surface area contributed by atoms with E-state index in [4.69, 9.17) is 14.2 Å². The van der Waals surface area contributed by atoms with Crippen molar-refractivity contribution in [3.05, 3.63) is 60.3 Å². The van der Waals surface area contributed by atoms with E-state index in [0.717, 1.165) is 28.6 Å². The topological polar surface area (TPSA) is 77.5 Å². The molecule has 0 amide bonds. The van der Waals surface area contributed by atoms with Crippen LogP contribution in [-0.4, -0.2) is 37.3 Å². The maximum Gasteiger partial charge on any atom is 0.224 e. The third-order valence-corrected chi connectivity index (χ3v) is 3.94. The molecule has 2 aromatic carbocycles. The molecule has 0 radical (unpaired) electrons. The molecule has 0 bridgehead atoms. The number of para-hydroxylation sites is 2. The first-order valence-corrected chi connectivity index (χ1v) is 8.94. The van der Waals surface area contributed by atoms with Gasteiger partial charge >= 0.3 is 0 Å². The van der Waals surface area contributed by atoms with Crippen molar-refractivity contribution in [3.63, 3.8) is 0 Å². The number of hydrogen-bond donors (Lipinski definition) is 2. The minimum atomic E-state index is 0.485. The predicted molar refractivity (Wildman–Crippen MR) is 110 cm³/mol. The van der Waals surface area contributed by atoms with Gasteiger partial charge in [-0.05, 0) is 43.3 Å². The van der Waals surface area contributed by atoms with Crippen molar-refractivity contribution in [1.29, 1.82) is 0 Å². The smallest absolute Gasteiger partial charge is 0.224 e. The highest BCUT2D eigenvalue weighted by molar-refractivity contribution is 5.64. The number of nitrogens with one attached hydrogen (secondary N) is 2. The highest BCUT2D eigenvalue weighted by Crippen LogP contribution is 2.26. The summed E-state index contributed by atoms with van der Waals surface area (Å²) >= 11 is 0. The number of aromatic nitrogens is 2. The third kappa shape index (κ3) is 5.26. The first-order chi connectivity index (χ1) is 13.7. The van der Waals surface area contributed by atoms with Crippen LogP contribution in [0.5, 0.6) is 17.2 Å². The van der Waals surface area contributed by atoms with Crippen molar-refractivity contribution < 1.29 is 14.2 Å².